The van der Waals surface area contributed by atoms with Gasteiger partial charge in [0.1, 0.15) is 6.61 Å². The minimum Gasteiger partial charge on any atom is -0.458 e. The summed E-state index contributed by atoms with van der Waals surface area (Å²) in [5, 5.41) is 0. The fourth-order valence-electron chi connectivity index (χ4n) is 1.12. The number of rotatable bonds is 6. The smallest absolute Gasteiger partial charge is 0.344 e. The van der Waals surface area contributed by atoms with E-state index in [4.69, 9.17) is 4.74 Å². The Morgan fingerprint density at radius 2 is 1.47 bits per heavy atom. The topological polar surface area (TPSA) is 78.9 Å². The summed E-state index contributed by atoms with van der Waals surface area (Å²) in [7, 11) is 0. The molecule has 1 rings (SSSR count). The van der Waals surface area contributed by atoms with Crippen LogP contribution in [0.5, 0.6) is 0 Å². The molecule has 0 spiro atoms. The van der Waals surface area contributed by atoms with Crippen LogP contribution in [0, 0.1) is 0 Å². The van der Waals surface area contributed by atoms with E-state index in [1.54, 1.807) is 12.1 Å². The summed E-state index contributed by atoms with van der Waals surface area (Å²) < 4.78 is 13.8. The third-order valence-corrected chi connectivity index (χ3v) is 1.99. The van der Waals surface area contributed by atoms with Crippen molar-refractivity contribution in [2.24, 2.45) is 0 Å². The van der Waals surface area contributed by atoms with Gasteiger partial charge in [-0.3, -0.25) is 4.79 Å². The molecular formula is C13H14O6. The maximum atomic E-state index is 11.3. The van der Waals surface area contributed by atoms with Gasteiger partial charge in [-0.1, -0.05) is 30.3 Å². The van der Waals surface area contributed by atoms with Crippen LogP contribution in [0.4, 0.5) is 0 Å². The largest absolute Gasteiger partial charge is 0.458 e. The van der Waals surface area contributed by atoms with Crippen molar-refractivity contribution in [3.05, 3.63) is 35.9 Å². The van der Waals surface area contributed by atoms with E-state index in [9.17, 15) is 14.4 Å². The van der Waals surface area contributed by atoms with Crippen LogP contribution in [0.15, 0.2) is 30.3 Å². The molecule has 0 unspecified atom stereocenters. The molecule has 6 nitrogen and oxygen atoms in total. The first-order valence-corrected chi connectivity index (χ1v) is 5.56. The van der Waals surface area contributed by atoms with Gasteiger partial charge in [0.25, 0.3) is 0 Å². The average molecular weight is 266 g/mol. The summed E-state index contributed by atoms with van der Waals surface area (Å²) in [6.45, 7) is 0.261. The van der Waals surface area contributed by atoms with Gasteiger partial charge in [0.05, 0.1) is 0 Å². The van der Waals surface area contributed by atoms with Gasteiger partial charge in [0.15, 0.2) is 13.2 Å². The molecule has 6 heteroatoms. The van der Waals surface area contributed by atoms with Crippen LogP contribution in [-0.4, -0.2) is 31.1 Å². The highest BCUT2D eigenvalue weighted by atomic mass is 16.6. The first-order valence-electron chi connectivity index (χ1n) is 5.56. The molecule has 0 saturated heterocycles. The zero-order valence-electron chi connectivity index (χ0n) is 10.5. The summed E-state index contributed by atoms with van der Waals surface area (Å²) in [6.07, 6.45) is 0. The number of esters is 3. The van der Waals surface area contributed by atoms with Crippen molar-refractivity contribution in [2.45, 2.75) is 13.5 Å². The van der Waals surface area contributed by atoms with Crippen molar-refractivity contribution in [1.29, 1.82) is 0 Å². The minimum absolute atomic E-state index is 0.112. The molecule has 19 heavy (non-hydrogen) atoms. The number of carbonyl (C=O) groups is 3. The first kappa shape index (κ1) is 14.7. The van der Waals surface area contributed by atoms with E-state index in [1.807, 2.05) is 18.2 Å². The summed E-state index contributed by atoms with van der Waals surface area (Å²) in [6, 6.07) is 9.10. The molecule has 0 aliphatic rings. The standard InChI is InChI=1S/C13H14O6/c1-10(14)17-8-12(15)19-9-13(16)18-7-11-5-3-2-4-6-11/h2-6H,7-9H2,1H3. The second-order valence-corrected chi connectivity index (χ2v) is 3.59. The van der Waals surface area contributed by atoms with E-state index in [1.165, 1.54) is 6.92 Å². The lowest BCUT2D eigenvalue weighted by molar-refractivity contribution is -0.164. The van der Waals surface area contributed by atoms with Crippen LogP contribution >= 0.6 is 0 Å². The number of benzene rings is 1. The molecule has 0 aliphatic carbocycles. The van der Waals surface area contributed by atoms with Gasteiger partial charge in [0.2, 0.25) is 0 Å². The molecule has 0 radical (unpaired) electrons. The minimum atomic E-state index is -0.799. The van der Waals surface area contributed by atoms with E-state index in [0.29, 0.717) is 0 Å². The molecule has 0 amide bonds. The molecule has 0 fully saturated rings. The zero-order valence-corrected chi connectivity index (χ0v) is 10.5. The highest BCUT2D eigenvalue weighted by Gasteiger charge is 2.10. The van der Waals surface area contributed by atoms with E-state index in [0.717, 1.165) is 5.56 Å². The second kappa shape index (κ2) is 7.86. The number of ether oxygens (including phenoxy) is 3. The van der Waals surface area contributed by atoms with Crippen molar-refractivity contribution in [3.63, 3.8) is 0 Å². The van der Waals surface area contributed by atoms with Crippen LogP contribution < -0.4 is 0 Å². The quantitative estimate of drug-likeness (QED) is 0.560. The maximum absolute atomic E-state index is 11.3. The Hall–Kier alpha value is -2.37. The Bertz CT molecular complexity index is 440. The van der Waals surface area contributed by atoms with Crippen LogP contribution in [0.1, 0.15) is 12.5 Å². The molecule has 0 N–H and O–H groups in total. The lowest BCUT2D eigenvalue weighted by Gasteiger charge is -2.06. The van der Waals surface area contributed by atoms with Gasteiger partial charge >= 0.3 is 17.9 Å². The molecule has 0 aromatic heterocycles. The number of carbonyl (C=O) groups excluding carboxylic acids is 3. The summed E-state index contributed by atoms with van der Waals surface area (Å²) in [5.41, 5.74) is 0.835. The van der Waals surface area contributed by atoms with E-state index < -0.39 is 31.1 Å². The number of hydrogen-bond donors (Lipinski definition) is 0. The lowest BCUT2D eigenvalue weighted by atomic mass is 10.2. The zero-order chi connectivity index (χ0) is 14.1. The van der Waals surface area contributed by atoms with E-state index >= 15 is 0 Å². The molecule has 0 saturated carbocycles. The monoisotopic (exact) mass is 266 g/mol. The molecule has 0 aliphatic heterocycles. The van der Waals surface area contributed by atoms with E-state index in [-0.39, 0.29) is 6.61 Å². The molecule has 102 valence electrons. The normalized spacial score (nSPS) is 9.53. The van der Waals surface area contributed by atoms with Gasteiger partial charge in [-0.15, -0.1) is 0 Å². The molecule has 1 aromatic carbocycles. The lowest BCUT2D eigenvalue weighted by Crippen LogP contribution is -2.20. The Kier molecular flexibility index (Phi) is 6.08. The molecule has 1 aromatic rings. The van der Waals surface area contributed by atoms with Crippen LogP contribution in [0.2, 0.25) is 0 Å². The average Bonchev–Trinajstić information content (AvgIpc) is 2.41. The van der Waals surface area contributed by atoms with Gasteiger partial charge in [-0.05, 0) is 5.56 Å². The molecule has 0 bridgehead atoms. The molecule has 0 heterocycles. The van der Waals surface area contributed by atoms with Crippen molar-refractivity contribution in [1.82, 2.24) is 0 Å². The summed E-state index contributed by atoms with van der Waals surface area (Å²) in [4.78, 5) is 32.7. The Morgan fingerprint density at radius 1 is 0.895 bits per heavy atom. The van der Waals surface area contributed by atoms with Crippen molar-refractivity contribution in [2.75, 3.05) is 13.2 Å². The summed E-state index contributed by atoms with van der Waals surface area (Å²) in [5.74, 6) is -2.06. The highest BCUT2D eigenvalue weighted by Crippen LogP contribution is 2.00. The van der Waals surface area contributed by atoms with Gasteiger partial charge in [-0.2, -0.15) is 0 Å². The van der Waals surface area contributed by atoms with Gasteiger partial charge in [-0.25, -0.2) is 9.59 Å². The number of hydrogen-bond acceptors (Lipinski definition) is 6. The second-order valence-electron chi connectivity index (χ2n) is 3.59. The van der Waals surface area contributed by atoms with Crippen LogP contribution in [-0.2, 0) is 35.2 Å². The van der Waals surface area contributed by atoms with E-state index in [2.05, 4.69) is 9.47 Å². The third kappa shape index (κ3) is 6.82. The Labute approximate surface area is 110 Å². The van der Waals surface area contributed by atoms with Crippen LogP contribution in [0.3, 0.4) is 0 Å². The highest BCUT2D eigenvalue weighted by molar-refractivity contribution is 5.78. The first-order chi connectivity index (χ1) is 9.08. The predicted molar refractivity (Wildman–Crippen MR) is 63.8 cm³/mol. The van der Waals surface area contributed by atoms with Crippen molar-refractivity contribution >= 4 is 17.9 Å². The van der Waals surface area contributed by atoms with Crippen molar-refractivity contribution < 1.29 is 28.6 Å². The molecule has 0 atom stereocenters. The fraction of sp³-hybridized carbons (Fsp3) is 0.308. The third-order valence-electron chi connectivity index (χ3n) is 1.99. The SMILES string of the molecule is CC(=O)OCC(=O)OCC(=O)OCc1ccccc1. The Morgan fingerprint density at radius 3 is 2.11 bits per heavy atom. The summed E-state index contributed by atoms with van der Waals surface area (Å²) >= 11 is 0. The Balaban J connectivity index is 2.17. The van der Waals surface area contributed by atoms with Gasteiger partial charge < -0.3 is 14.2 Å². The van der Waals surface area contributed by atoms with Crippen LogP contribution in [0.25, 0.3) is 0 Å². The fourth-order valence-corrected chi connectivity index (χ4v) is 1.12. The molecular weight excluding hydrogens is 252 g/mol. The van der Waals surface area contributed by atoms with Crippen molar-refractivity contribution in [3.8, 4) is 0 Å². The predicted octanol–water partition coefficient (Wildman–Crippen LogP) is 0.836. The van der Waals surface area contributed by atoms with Gasteiger partial charge in [0, 0.05) is 6.92 Å². The maximum Gasteiger partial charge on any atom is 0.344 e.